The van der Waals surface area contributed by atoms with Crippen molar-refractivity contribution < 1.29 is 32.5 Å². The second-order valence-corrected chi connectivity index (χ2v) is 12.1. The van der Waals surface area contributed by atoms with Crippen molar-refractivity contribution in [2.24, 2.45) is 0 Å². The first-order valence-corrected chi connectivity index (χ1v) is 14.6. The number of nitrogens with zero attached hydrogens (tertiary/aromatic N) is 1. The standard InChI is InChI=1S/C25H18F2N2O5S4/c1-38(34)12-20(22(30)28-16-5-2-13(3-6-16)24(32)33)29-23(31)21(37-25(29)35)10-17-8-15(11-36-17)14-4-7-18(26)19(27)9-14/h2-11,20H,12H2,1H3,(H,28,30)(H,32,33)/b21-10-/t20-,38?/m0/s1. The number of carboxylic acid groups (broad SMARTS) is 1. The average molecular weight is 593 g/mol. The Morgan fingerprint density at radius 2 is 1.84 bits per heavy atom. The predicted molar refractivity (Wildman–Crippen MR) is 149 cm³/mol. The minimum atomic E-state index is -1.46. The lowest BCUT2D eigenvalue weighted by molar-refractivity contribution is -0.129. The minimum Gasteiger partial charge on any atom is -0.478 e. The molecule has 0 spiro atoms. The van der Waals surface area contributed by atoms with Gasteiger partial charge in [-0.2, -0.15) is 0 Å². The van der Waals surface area contributed by atoms with Crippen molar-refractivity contribution in [1.29, 1.82) is 0 Å². The van der Waals surface area contributed by atoms with Gasteiger partial charge >= 0.3 is 5.97 Å². The van der Waals surface area contributed by atoms with Gasteiger partial charge in [-0.15, -0.1) is 11.3 Å². The smallest absolute Gasteiger partial charge is 0.335 e. The predicted octanol–water partition coefficient (Wildman–Crippen LogP) is 4.98. The van der Waals surface area contributed by atoms with E-state index < -0.39 is 46.3 Å². The molecule has 1 saturated heterocycles. The highest BCUT2D eigenvalue weighted by atomic mass is 32.2. The Labute approximate surface area is 232 Å². The molecule has 196 valence electrons. The van der Waals surface area contributed by atoms with E-state index in [9.17, 15) is 27.4 Å². The van der Waals surface area contributed by atoms with Gasteiger partial charge in [0.1, 0.15) is 10.4 Å². The summed E-state index contributed by atoms with van der Waals surface area (Å²) in [4.78, 5) is 39.5. The number of benzene rings is 2. The number of nitrogens with one attached hydrogen (secondary N) is 1. The third-order valence-electron chi connectivity index (χ3n) is 5.38. The lowest BCUT2D eigenvalue weighted by Gasteiger charge is -2.25. The van der Waals surface area contributed by atoms with Crippen molar-refractivity contribution in [2.75, 3.05) is 17.3 Å². The van der Waals surface area contributed by atoms with Gasteiger partial charge in [0.15, 0.2) is 11.6 Å². The fraction of sp³-hybridized carbons (Fsp3) is 0.120. The van der Waals surface area contributed by atoms with E-state index in [2.05, 4.69) is 5.32 Å². The number of carbonyl (C=O) groups is 3. The quantitative estimate of drug-likeness (QED) is 0.281. The molecule has 2 N–H and O–H groups in total. The van der Waals surface area contributed by atoms with E-state index in [-0.39, 0.29) is 20.5 Å². The number of carboxylic acids is 1. The zero-order valence-electron chi connectivity index (χ0n) is 19.5. The van der Waals surface area contributed by atoms with Crippen LogP contribution in [0.1, 0.15) is 15.2 Å². The normalized spacial score (nSPS) is 16.1. The Hall–Kier alpha value is -3.26. The lowest BCUT2D eigenvalue weighted by atomic mass is 10.1. The molecule has 7 nitrogen and oxygen atoms in total. The zero-order valence-corrected chi connectivity index (χ0v) is 22.7. The van der Waals surface area contributed by atoms with Gasteiger partial charge in [0.2, 0.25) is 5.91 Å². The molecule has 38 heavy (non-hydrogen) atoms. The monoisotopic (exact) mass is 592 g/mol. The van der Waals surface area contributed by atoms with Crippen LogP contribution in [0.4, 0.5) is 14.5 Å². The topological polar surface area (TPSA) is 104 Å². The van der Waals surface area contributed by atoms with Gasteiger partial charge in [0.25, 0.3) is 5.91 Å². The Bertz CT molecular complexity index is 1500. The highest BCUT2D eigenvalue weighted by Gasteiger charge is 2.41. The van der Waals surface area contributed by atoms with Crippen LogP contribution in [-0.2, 0) is 20.4 Å². The Balaban J connectivity index is 1.55. The summed E-state index contributed by atoms with van der Waals surface area (Å²) in [5, 5.41) is 13.4. The van der Waals surface area contributed by atoms with Gasteiger partial charge in [0.05, 0.1) is 16.2 Å². The molecule has 13 heteroatoms. The Kier molecular flexibility index (Phi) is 8.51. The molecule has 0 bridgehead atoms. The van der Waals surface area contributed by atoms with E-state index in [1.807, 2.05) is 0 Å². The van der Waals surface area contributed by atoms with Crippen LogP contribution in [0.2, 0.25) is 0 Å². The minimum absolute atomic E-state index is 0.0394. The number of halogens is 2. The molecule has 2 heterocycles. The van der Waals surface area contributed by atoms with Crippen molar-refractivity contribution in [3.05, 3.63) is 80.9 Å². The molecular formula is C25H18F2N2O5S4. The molecule has 0 radical (unpaired) electrons. The molecule has 1 aliphatic rings. The van der Waals surface area contributed by atoms with Crippen LogP contribution in [-0.4, -0.2) is 54.4 Å². The van der Waals surface area contributed by atoms with E-state index in [1.165, 1.54) is 47.9 Å². The van der Waals surface area contributed by atoms with E-state index in [0.717, 1.165) is 28.8 Å². The summed E-state index contributed by atoms with van der Waals surface area (Å²) in [6, 6.07) is 9.59. The number of carbonyl (C=O) groups excluding carboxylic acids is 2. The molecule has 3 aromatic rings. The number of amides is 2. The number of hydrogen-bond donors (Lipinski definition) is 2. The van der Waals surface area contributed by atoms with Gasteiger partial charge < -0.3 is 10.4 Å². The first-order chi connectivity index (χ1) is 18.0. The van der Waals surface area contributed by atoms with Crippen molar-refractivity contribution >= 4 is 80.0 Å². The summed E-state index contributed by atoms with van der Waals surface area (Å²) in [5.41, 5.74) is 1.46. The molecule has 0 aliphatic carbocycles. The molecule has 1 aliphatic heterocycles. The van der Waals surface area contributed by atoms with E-state index >= 15 is 0 Å². The van der Waals surface area contributed by atoms with Crippen LogP contribution < -0.4 is 5.32 Å². The maximum absolute atomic E-state index is 13.6. The van der Waals surface area contributed by atoms with Gasteiger partial charge in [-0.05, 0) is 65.0 Å². The number of aromatic carboxylic acids is 1. The molecule has 1 aromatic heterocycles. The maximum Gasteiger partial charge on any atom is 0.335 e. The van der Waals surface area contributed by atoms with Crippen molar-refractivity contribution in [1.82, 2.24) is 4.90 Å². The number of thiocarbonyl (C=S) groups is 1. The van der Waals surface area contributed by atoms with Crippen LogP contribution in [0.15, 0.2) is 58.8 Å². The number of rotatable bonds is 8. The molecule has 2 amide bonds. The van der Waals surface area contributed by atoms with Crippen molar-refractivity contribution in [2.45, 2.75) is 6.04 Å². The Morgan fingerprint density at radius 3 is 2.47 bits per heavy atom. The van der Waals surface area contributed by atoms with Gasteiger partial charge in [-0.3, -0.25) is 18.7 Å². The number of hydrogen-bond acceptors (Lipinski definition) is 7. The number of thioether (sulfide) groups is 1. The average Bonchev–Trinajstić information content (AvgIpc) is 3.43. The van der Waals surface area contributed by atoms with Crippen LogP contribution in [0.25, 0.3) is 17.2 Å². The van der Waals surface area contributed by atoms with Crippen molar-refractivity contribution in [3.8, 4) is 11.1 Å². The first-order valence-electron chi connectivity index (χ1n) is 10.8. The molecule has 0 saturated carbocycles. The molecule has 1 fully saturated rings. The number of thiophene rings is 1. The van der Waals surface area contributed by atoms with E-state index in [4.69, 9.17) is 17.3 Å². The summed E-state index contributed by atoms with van der Waals surface area (Å²) >= 11 is 7.67. The second kappa shape index (κ2) is 11.6. The Morgan fingerprint density at radius 1 is 1.13 bits per heavy atom. The van der Waals surface area contributed by atoms with E-state index in [1.54, 1.807) is 17.5 Å². The highest BCUT2D eigenvalue weighted by molar-refractivity contribution is 8.26. The van der Waals surface area contributed by atoms with E-state index in [0.29, 0.717) is 21.7 Å². The van der Waals surface area contributed by atoms with Crippen molar-refractivity contribution in [3.63, 3.8) is 0 Å². The third-order valence-corrected chi connectivity index (χ3v) is 8.37. The van der Waals surface area contributed by atoms with Crippen LogP contribution in [0, 0.1) is 11.6 Å². The summed E-state index contributed by atoms with van der Waals surface area (Å²) < 4.78 is 39.1. The molecule has 2 atom stereocenters. The lowest BCUT2D eigenvalue weighted by Crippen LogP contribution is -2.49. The van der Waals surface area contributed by atoms with Gasteiger partial charge in [0, 0.05) is 27.6 Å². The van der Waals surface area contributed by atoms with Crippen LogP contribution in [0.5, 0.6) is 0 Å². The molecule has 4 rings (SSSR count). The molecular weight excluding hydrogens is 575 g/mol. The van der Waals surface area contributed by atoms with Crippen LogP contribution >= 0.6 is 35.3 Å². The molecule has 1 unspecified atom stereocenters. The fourth-order valence-electron chi connectivity index (χ4n) is 3.54. The fourth-order valence-corrected chi connectivity index (χ4v) is 6.56. The summed E-state index contributed by atoms with van der Waals surface area (Å²) in [5.74, 6) is -4.36. The highest BCUT2D eigenvalue weighted by Crippen LogP contribution is 2.36. The van der Waals surface area contributed by atoms with Gasteiger partial charge in [-0.25, -0.2) is 13.6 Å². The number of anilines is 1. The molecule has 2 aromatic carbocycles. The summed E-state index contributed by atoms with van der Waals surface area (Å²) in [6.07, 6.45) is 3.00. The summed E-state index contributed by atoms with van der Waals surface area (Å²) in [6.45, 7) is 0. The SMILES string of the molecule is CS(=O)C[C@@H](C(=O)Nc1ccc(C(=O)O)cc1)N1C(=O)/C(=C/c2cc(-c3ccc(F)c(F)c3)cs2)SC1=S. The first kappa shape index (κ1) is 27.8. The second-order valence-electron chi connectivity index (χ2n) is 8.05. The van der Waals surface area contributed by atoms with Crippen LogP contribution in [0.3, 0.4) is 0 Å². The zero-order chi connectivity index (χ0) is 27.6. The largest absolute Gasteiger partial charge is 0.478 e. The van der Waals surface area contributed by atoms with Gasteiger partial charge in [-0.1, -0.05) is 30.0 Å². The third kappa shape index (κ3) is 6.23. The summed E-state index contributed by atoms with van der Waals surface area (Å²) in [7, 11) is -1.46. The maximum atomic E-state index is 13.6.